The van der Waals surface area contributed by atoms with E-state index in [1.54, 1.807) is 38.1 Å². The first-order valence-corrected chi connectivity index (χ1v) is 9.42. The van der Waals surface area contributed by atoms with Crippen LogP contribution in [0.1, 0.15) is 19.4 Å². The molecule has 11 heteroatoms. The van der Waals surface area contributed by atoms with Crippen molar-refractivity contribution in [1.82, 2.24) is 15.8 Å². The van der Waals surface area contributed by atoms with E-state index < -0.39 is 36.1 Å². The molecule has 0 radical (unpaired) electrons. The molecule has 0 aliphatic heterocycles. The number of nitrogens with zero attached hydrogens (tertiary/aromatic N) is 1. The lowest BCUT2D eigenvalue weighted by molar-refractivity contribution is -0.142. The van der Waals surface area contributed by atoms with Gasteiger partial charge >= 0.3 is 18.2 Å². The summed E-state index contributed by atoms with van der Waals surface area (Å²) >= 11 is 3.97. The van der Waals surface area contributed by atoms with E-state index >= 15 is 0 Å². The molecular weight excluding hydrogens is 400 g/mol. The van der Waals surface area contributed by atoms with Crippen LogP contribution in [0.15, 0.2) is 30.3 Å². The van der Waals surface area contributed by atoms with Gasteiger partial charge in [-0.05, 0) is 11.5 Å². The lowest BCUT2D eigenvalue weighted by Crippen LogP contribution is -2.52. The summed E-state index contributed by atoms with van der Waals surface area (Å²) in [6, 6.07) is 6.92. The molecule has 0 bridgehead atoms. The maximum Gasteiger partial charge on any atom is 0.436 e. The molecule has 0 unspecified atom stereocenters. The molecule has 0 aliphatic rings. The third-order valence-electron chi connectivity index (χ3n) is 3.74. The summed E-state index contributed by atoms with van der Waals surface area (Å²) in [5.41, 5.74) is 8.58. The Bertz CT molecular complexity index is 716. The number of nitrogens with one attached hydrogen (secondary N) is 2. The van der Waals surface area contributed by atoms with Gasteiger partial charge in [-0.1, -0.05) is 44.2 Å². The highest BCUT2D eigenvalue weighted by Gasteiger charge is 2.28. The van der Waals surface area contributed by atoms with Crippen molar-refractivity contribution in [3.63, 3.8) is 0 Å². The van der Waals surface area contributed by atoms with E-state index in [-0.39, 0.29) is 18.3 Å². The first-order valence-electron chi connectivity index (χ1n) is 8.79. The zero-order chi connectivity index (χ0) is 22.0. The second-order valence-corrected chi connectivity index (χ2v) is 6.80. The van der Waals surface area contributed by atoms with Gasteiger partial charge in [0.25, 0.3) is 0 Å². The molecule has 0 heterocycles. The maximum absolute atomic E-state index is 12.1. The van der Waals surface area contributed by atoms with Crippen molar-refractivity contribution < 1.29 is 28.7 Å². The van der Waals surface area contributed by atoms with Gasteiger partial charge in [-0.3, -0.25) is 4.79 Å². The van der Waals surface area contributed by atoms with Crippen LogP contribution >= 0.6 is 12.6 Å². The molecule has 1 rings (SSSR count). The summed E-state index contributed by atoms with van der Waals surface area (Å²) in [6.07, 6.45) is -2.08. The molecule has 0 aliphatic carbocycles. The van der Waals surface area contributed by atoms with Crippen LogP contribution < -0.4 is 16.5 Å². The molecule has 0 saturated carbocycles. The number of rotatable bonds is 7. The summed E-state index contributed by atoms with van der Waals surface area (Å²) < 4.78 is 9.60. The van der Waals surface area contributed by atoms with Gasteiger partial charge in [0.1, 0.15) is 12.6 Å². The van der Waals surface area contributed by atoms with E-state index in [1.165, 1.54) is 7.05 Å². The molecule has 3 amide bonds. The number of esters is 1. The number of ether oxygens (including phenoxy) is 2. The number of nitrogens with two attached hydrogens (primary N) is 1. The van der Waals surface area contributed by atoms with Crippen molar-refractivity contribution >= 4 is 36.7 Å². The van der Waals surface area contributed by atoms with Gasteiger partial charge in [0.05, 0.1) is 6.04 Å². The Balaban J connectivity index is 2.49. The number of carbonyl (C=O) groups excluding carboxylic acids is 4. The number of benzene rings is 1. The smallest absolute Gasteiger partial charge is 0.436 e. The molecular formula is C18H26N4O6S. The summed E-state index contributed by atoms with van der Waals surface area (Å²) in [6.45, 7) is 3.50. The number of hydrogen-bond acceptors (Lipinski definition) is 8. The fraction of sp³-hybridized carbons (Fsp3) is 0.444. The Labute approximate surface area is 174 Å². The maximum atomic E-state index is 12.1. The molecule has 29 heavy (non-hydrogen) atoms. The van der Waals surface area contributed by atoms with Crippen LogP contribution in [0.25, 0.3) is 0 Å². The minimum absolute atomic E-state index is 0.00163. The Hall–Kier alpha value is -2.79. The zero-order valence-corrected chi connectivity index (χ0v) is 17.3. The highest BCUT2D eigenvalue weighted by molar-refractivity contribution is 7.80. The zero-order valence-electron chi connectivity index (χ0n) is 16.5. The average Bonchev–Trinajstić information content (AvgIpc) is 2.70. The van der Waals surface area contributed by atoms with E-state index in [4.69, 9.17) is 10.5 Å². The number of carbonyl (C=O) groups is 4. The fourth-order valence-electron chi connectivity index (χ4n) is 1.91. The third kappa shape index (κ3) is 8.40. The van der Waals surface area contributed by atoms with Crippen LogP contribution in [0, 0.1) is 5.92 Å². The molecule has 0 spiro atoms. The van der Waals surface area contributed by atoms with Crippen molar-refractivity contribution in [1.29, 1.82) is 0 Å². The molecule has 160 valence electrons. The van der Waals surface area contributed by atoms with Crippen LogP contribution in [0.5, 0.6) is 0 Å². The minimum Gasteiger partial charge on any atom is -0.443 e. The predicted molar refractivity (Wildman–Crippen MR) is 108 cm³/mol. The van der Waals surface area contributed by atoms with Gasteiger partial charge in [0.15, 0.2) is 0 Å². The summed E-state index contributed by atoms with van der Waals surface area (Å²) in [7, 11) is 1.17. The van der Waals surface area contributed by atoms with E-state index in [9.17, 15) is 19.2 Å². The SMILES string of the molecule is CC(C)[C@H](N)C(=O)N[C@@H](CS)C(=O)OC(=O)N(C)NC(=O)OCc1ccccc1. The minimum atomic E-state index is -1.18. The molecule has 10 nitrogen and oxygen atoms in total. The number of hydrogen-bond donors (Lipinski definition) is 4. The number of hydrazine groups is 1. The highest BCUT2D eigenvalue weighted by atomic mass is 32.1. The van der Waals surface area contributed by atoms with Crippen LogP contribution in [0.4, 0.5) is 9.59 Å². The van der Waals surface area contributed by atoms with Crippen molar-refractivity contribution in [2.24, 2.45) is 11.7 Å². The van der Waals surface area contributed by atoms with E-state index in [0.29, 0.717) is 5.01 Å². The van der Waals surface area contributed by atoms with Crippen LogP contribution in [-0.2, 0) is 25.7 Å². The standard InChI is InChI=1S/C18H26N4O6S/c1-11(2)14(19)15(23)20-13(10-29)16(24)28-18(26)22(3)21-17(25)27-9-12-7-5-4-6-8-12/h4-8,11,13-14,29H,9-10,19H2,1-3H3,(H,20,23)(H,21,25)/t13-,14-/m0/s1. The first-order chi connectivity index (χ1) is 13.6. The lowest BCUT2D eigenvalue weighted by atomic mass is 10.0. The topological polar surface area (TPSA) is 140 Å². The van der Waals surface area contributed by atoms with Gasteiger partial charge in [-0.25, -0.2) is 24.8 Å². The van der Waals surface area contributed by atoms with E-state index in [0.717, 1.165) is 5.56 Å². The lowest BCUT2D eigenvalue weighted by Gasteiger charge is -2.21. The van der Waals surface area contributed by atoms with Crippen molar-refractivity contribution in [3.8, 4) is 0 Å². The van der Waals surface area contributed by atoms with Gasteiger partial charge in [-0.2, -0.15) is 12.6 Å². The highest BCUT2D eigenvalue weighted by Crippen LogP contribution is 2.03. The summed E-state index contributed by atoms with van der Waals surface area (Å²) in [5.74, 6) is -1.87. The largest absolute Gasteiger partial charge is 0.443 e. The van der Waals surface area contributed by atoms with Gasteiger partial charge in [0, 0.05) is 12.8 Å². The number of thiol groups is 1. The van der Waals surface area contributed by atoms with Crippen molar-refractivity contribution in [2.75, 3.05) is 12.8 Å². The molecule has 0 aromatic heterocycles. The molecule has 0 fully saturated rings. The van der Waals surface area contributed by atoms with Gasteiger partial charge in [-0.15, -0.1) is 0 Å². The Morgan fingerprint density at radius 1 is 1.17 bits per heavy atom. The molecule has 1 aromatic carbocycles. The fourth-order valence-corrected chi connectivity index (χ4v) is 2.15. The van der Waals surface area contributed by atoms with Gasteiger partial charge in [0.2, 0.25) is 5.91 Å². The average molecular weight is 426 g/mol. The molecule has 4 N–H and O–H groups in total. The molecule has 1 aromatic rings. The Kier molecular flexibility index (Phi) is 9.97. The predicted octanol–water partition coefficient (Wildman–Crippen LogP) is 0.821. The second kappa shape index (κ2) is 11.9. The van der Waals surface area contributed by atoms with Crippen LogP contribution in [0.2, 0.25) is 0 Å². The molecule has 2 atom stereocenters. The van der Waals surface area contributed by atoms with Crippen molar-refractivity contribution in [2.45, 2.75) is 32.5 Å². The quantitative estimate of drug-likeness (QED) is 0.219. The monoisotopic (exact) mass is 426 g/mol. The summed E-state index contributed by atoms with van der Waals surface area (Å²) in [5, 5.41) is 3.01. The van der Waals surface area contributed by atoms with Crippen LogP contribution in [0.3, 0.4) is 0 Å². The van der Waals surface area contributed by atoms with E-state index in [2.05, 4.69) is 28.1 Å². The normalized spacial score (nSPS) is 12.5. The number of amides is 3. The Morgan fingerprint density at radius 2 is 1.79 bits per heavy atom. The second-order valence-electron chi connectivity index (χ2n) is 6.43. The third-order valence-corrected chi connectivity index (χ3v) is 4.10. The first kappa shape index (κ1) is 24.2. The van der Waals surface area contributed by atoms with Crippen molar-refractivity contribution in [3.05, 3.63) is 35.9 Å². The summed E-state index contributed by atoms with van der Waals surface area (Å²) in [4.78, 5) is 47.8. The Morgan fingerprint density at radius 3 is 2.34 bits per heavy atom. The molecule has 0 saturated heterocycles. The van der Waals surface area contributed by atoms with E-state index in [1.807, 2.05) is 6.07 Å². The van der Waals surface area contributed by atoms with Gasteiger partial charge < -0.3 is 20.5 Å². The van der Waals surface area contributed by atoms with Crippen LogP contribution in [-0.4, -0.2) is 54.0 Å².